The minimum atomic E-state index is -0.675. The van der Waals surface area contributed by atoms with Gasteiger partial charge in [-0.15, -0.1) is 0 Å². The summed E-state index contributed by atoms with van der Waals surface area (Å²) in [6.07, 6.45) is 0.852. The Bertz CT molecular complexity index is 1090. The van der Waals surface area contributed by atoms with E-state index in [0.717, 1.165) is 45.3 Å². The molecule has 1 saturated heterocycles. The van der Waals surface area contributed by atoms with Crippen molar-refractivity contribution < 1.29 is 18.3 Å². The Morgan fingerprint density at radius 3 is 2.81 bits per heavy atom. The van der Waals surface area contributed by atoms with E-state index in [1.165, 1.54) is 28.4 Å². The molecule has 1 aliphatic heterocycles. The number of morpholine rings is 1. The van der Waals surface area contributed by atoms with Crippen LogP contribution in [0.25, 0.3) is 10.3 Å². The fourth-order valence-electron chi connectivity index (χ4n) is 3.39. The van der Waals surface area contributed by atoms with E-state index in [-0.39, 0.29) is 11.7 Å². The number of halogens is 2. The summed E-state index contributed by atoms with van der Waals surface area (Å²) in [7, 11) is 1.65. The smallest absolute Gasteiger partial charge is 0.321 e. The second kappa shape index (κ2) is 10.2. The number of hydrogen-bond acceptors (Lipinski definition) is 7. The number of aromatic nitrogens is 2. The zero-order valence-electron chi connectivity index (χ0n) is 17.6. The molecule has 0 radical (unpaired) electrons. The van der Waals surface area contributed by atoms with E-state index in [4.69, 9.17) is 4.74 Å². The van der Waals surface area contributed by atoms with Crippen molar-refractivity contribution in [2.45, 2.75) is 6.42 Å². The van der Waals surface area contributed by atoms with Crippen LogP contribution in [0.2, 0.25) is 0 Å². The summed E-state index contributed by atoms with van der Waals surface area (Å²) in [4.78, 5) is 25.5. The zero-order valence-corrected chi connectivity index (χ0v) is 18.4. The summed E-state index contributed by atoms with van der Waals surface area (Å²) in [6.45, 7) is 4.85. The molecular weight excluding hydrogens is 438 g/mol. The van der Waals surface area contributed by atoms with E-state index in [1.54, 1.807) is 19.2 Å². The molecule has 2 aromatic heterocycles. The van der Waals surface area contributed by atoms with Gasteiger partial charge in [0.1, 0.15) is 27.8 Å². The highest BCUT2D eigenvalue weighted by Crippen LogP contribution is 2.30. The van der Waals surface area contributed by atoms with Gasteiger partial charge in [0.25, 0.3) is 0 Å². The number of carbonyl (C=O) groups excluding carboxylic acids is 1. The Morgan fingerprint density at radius 1 is 1.22 bits per heavy atom. The van der Waals surface area contributed by atoms with Crippen LogP contribution in [0.15, 0.2) is 30.3 Å². The van der Waals surface area contributed by atoms with Gasteiger partial charge in [-0.3, -0.25) is 10.2 Å². The highest BCUT2D eigenvalue weighted by molar-refractivity contribution is 7.22. The lowest BCUT2D eigenvalue weighted by Gasteiger charge is -2.26. The molecule has 3 aromatic rings. The minimum absolute atomic E-state index is 0.206. The Balaban J connectivity index is 1.33. The Hall–Kier alpha value is -2.89. The van der Waals surface area contributed by atoms with Gasteiger partial charge in [0.15, 0.2) is 5.13 Å². The monoisotopic (exact) mass is 462 g/mol. The first-order valence-corrected chi connectivity index (χ1v) is 11.1. The van der Waals surface area contributed by atoms with Gasteiger partial charge in [-0.2, -0.15) is 0 Å². The fourth-order valence-corrected chi connectivity index (χ4v) is 4.22. The summed E-state index contributed by atoms with van der Waals surface area (Å²) >= 11 is 1.22. The number of carbonyl (C=O) groups is 1. The molecule has 8 nitrogen and oxygen atoms in total. The molecule has 0 spiro atoms. The van der Waals surface area contributed by atoms with Crippen LogP contribution >= 0.6 is 11.3 Å². The number of pyridine rings is 1. The number of thiazole rings is 1. The molecule has 32 heavy (non-hydrogen) atoms. The first-order chi connectivity index (χ1) is 15.5. The van der Waals surface area contributed by atoms with Crippen molar-refractivity contribution in [2.24, 2.45) is 0 Å². The molecule has 170 valence electrons. The molecule has 0 unspecified atom stereocenters. The van der Waals surface area contributed by atoms with Crippen LogP contribution in [0, 0.1) is 11.6 Å². The molecule has 11 heteroatoms. The Labute approximate surface area is 188 Å². The van der Waals surface area contributed by atoms with Crippen LogP contribution in [0.3, 0.4) is 0 Å². The van der Waals surface area contributed by atoms with Gasteiger partial charge in [0, 0.05) is 32.7 Å². The number of hydrogen-bond donors (Lipinski definition) is 2. The van der Waals surface area contributed by atoms with E-state index >= 15 is 0 Å². The number of fused-ring (bicyclic) bond motifs is 1. The number of rotatable bonds is 7. The third-order valence-corrected chi connectivity index (χ3v) is 6.00. The largest absolute Gasteiger partial charge is 0.379 e. The van der Waals surface area contributed by atoms with Gasteiger partial charge in [-0.05, 0) is 37.2 Å². The van der Waals surface area contributed by atoms with E-state index < -0.39 is 11.6 Å². The van der Waals surface area contributed by atoms with Crippen LogP contribution in [0.5, 0.6) is 0 Å². The van der Waals surface area contributed by atoms with Crippen LogP contribution in [-0.2, 0) is 4.74 Å². The molecule has 3 heterocycles. The van der Waals surface area contributed by atoms with Crippen LogP contribution in [0.4, 0.5) is 30.2 Å². The second-order valence-corrected chi connectivity index (χ2v) is 8.33. The number of urea groups is 1. The predicted octanol–water partition coefficient (Wildman–Crippen LogP) is 3.58. The predicted molar refractivity (Wildman–Crippen MR) is 121 cm³/mol. The Kier molecular flexibility index (Phi) is 7.08. The summed E-state index contributed by atoms with van der Waals surface area (Å²) in [5.41, 5.74) is 0.826. The van der Waals surface area contributed by atoms with Gasteiger partial charge in [-0.25, -0.2) is 23.5 Å². The molecule has 1 aromatic carbocycles. The molecule has 2 amide bonds. The fraction of sp³-hybridized carbons (Fsp3) is 0.381. The molecule has 0 aliphatic carbocycles. The third kappa shape index (κ3) is 5.47. The SMILES string of the molecule is CN(c1ccc2nc(NC(=O)NCCCN3CCOCC3)sc2n1)c1ccc(F)cc1F. The molecule has 1 fully saturated rings. The molecule has 0 atom stereocenters. The lowest BCUT2D eigenvalue weighted by molar-refractivity contribution is 0.0375. The summed E-state index contributed by atoms with van der Waals surface area (Å²) in [6, 6.07) is 6.51. The van der Waals surface area contributed by atoms with Gasteiger partial charge in [0.05, 0.1) is 18.9 Å². The maximum atomic E-state index is 14.1. The molecule has 0 bridgehead atoms. The molecule has 4 rings (SSSR count). The zero-order chi connectivity index (χ0) is 22.5. The molecule has 1 aliphatic rings. The van der Waals surface area contributed by atoms with Crippen molar-refractivity contribution in [3.8, 4) is 0 Å². The number of ether oxygens (including phenoxy) is 1. The highest BCUT2D eigenvalue weighted by atomic mass is 32.1. The average molecular weight is 463 g/mol. The van der Waals surface area contributed by atoms with Gasteiger partial charge < -0.3 is 15.0 Å². The van der Waals surface area contributed by atoms with E-state index in [1.807, 2.05) is 0 Å². The van der Waals surface area contributed by atoms with Crippen molar-refractivity contribution in [1.29, 1.82) is 0 Å². The van der Waals surface area contributed by atoms with Crippen molar-refractivity contribution in [2.75, 3.05) is 56.7 Å². The van der Waals surface area contributed by atoms with E-state index in [0.29, 0.717) is 27.8 Å². The number of nitrogens with one attached hydrogen (secondary N) is 2. The first-order valence-electron chi connectivity index (χ1n) is 10.3. The van der Waals surface area contributed by atoms with Crippen molar-refractivity contribution in [3.05, 3.63) is 42.0 Å². The number of benzene rings is 1. The standard InChI is InChI=1S/C21H24F2N6O2S/c1-28(17-5-3-14(22)13-15(17)23)18-6-4-16-19(26-18)32-21(25-16)27-20(30)24-7-2-8-29-9-11-31-12-10-29/h3-6,13H,2,7-12H2,1H3,(H2,24,25,27,30). The maximum absolute atomic E-state index is 14.1. The van der Waals surface area contributed by atoms with Crippen LogP contribution in [-0.4, -0.2) is 67.3 Å². The normalized spacial score (nSPS) is 14.5. The van der Waals surface area contributed by atoms with Crippen molar-refractivity contribution in [3.63, 3.8) is 0 Å². The van der Waals surface area contributed by atoms with Gasteiger partial charge in [-0.1, -0.05) is 11.3 Å². The summed E-state index contributed by atoms with van der Waals surface area (Å²) in [5.74, 6) is -0.835. The topological polar surface area (TPSA) is 82.6 Å². The minimum Gasteiger partial charge on any atom is -0.379 e. The van der Waals surface area contributed by atoms with Crippen LogP contribution in [0.1, 0.15) is 6.42 Å². The van der Waals surface area contributed by atoms with Crippen molar-refractivity contribution in [1.82, 2.24) is 20.2 Å². The molecule has 2 N–H and O–H groups in total. The van der Waals surface area contributed by atoms with Gasteiger partial charge >= 0.3 is 6.03 Å². The first kappa shape index (κ1) is 22.3. The molecular formula is C21H24F2N6O2S. The third-order valence-electron chi connectivity index (χ3n) is 5.12. The maximum Gasteiger partial charge on any atom is 0.321 e. The lowest BCUT2D eigenvalue weighted by Crippen LogP contribution is -2.38. The lowest BCUT2D eigenvalue weighted by atomic mass is 10.2. The van der Waals surface area contributed by atoms with E-state index in [2.05, 4.69) is 25.5 Å². The highest BCUT2D eigenvalue weighted by Gasteiger charge is 2.15. The Morgan fingerprint density at radius 2 is 2.03 bits per heavy atom. The van der Waals surface area contributed by atoms with Crippen molar-refractivity contribution >= 4 is 44.4 Å². The molecule has 0 saturated carbocycles. The van der Waals surface area contributed by atoms with Crippen LogP contribution < -0.4 is 15.5 Å². The van der Waals surface area contributed by atoms with E-state index in [9.17, 15) is 13.6 Å². The average Bonchev–Trinajstić information content (AvgIpc) is 3.18. The number of amides is 2. The quantitative estimate of drug-likeness (QED) is 0.523. The number of anilines is 3. The number of nitrogens with zero attached hydrogens (tertiary/aromatic N) is 4. The van der Waals surface area contributed by atoms with Gasteiger partial charge in [0.2, 0.25) is 0 Å². The summed E-state index contributed by atoms with van der Waals surface area (Å²) in [5, 5.41) is 5.99. The second-order valence-electron chi connectivity index (χ2n) is 7.36. The summed E-state index contributed by atoms with van der Waals surface area (Å²) < 4.78 is 32.6.